The van der Waals surface area contributed by atoms with Crippen LogP contribution in [0.25, 0.3) is 10.8 Å². The summed E-state index contributed by atoms with van der Waals surface area (Å²) in [6, 6.07) is 19.0. The van der Waals surface area contributed by atoms with Crippen molar-refractivity contribution in [2.45, 2.75) is 17.2 Å². The fourth-order valence-corrected chi connectivity index (χ4v) is 5.40. The molecule has 0 saturated carbocycles. The second-order valence-corrected chi connectivity index (χ2v) is 8.91. The summed E-state index contributed by atoms with van der Waals surface area (Å²) in [4.78, 5) is 0.354. The van der Waals surface area contributed by atoms with Crippen LogP contribution in [-0.4, -0.2) is 32.6 Å². The van der Waals surface area contributed by atoms with E-state index in [9.17, 15) is 8.42 Å². The van der Waals surface area contributed by atoms with Crippen LogP contribution in [0, 0.1) is 0 Å². The molecule has 1 fully saturated rings. The van der Waals surface area contributed by atoms with Crippen molar-refractivity contribution >= 4 is 20.8 Å². The van der Waals surface area contributed by atoms with E-state index in [2.05, 4.69) is 0 Å². The number of ether oxygens (including phenoxy) is 2. The summed E-state index contributed by atoms with van der Waals surface area (Å²) < 4.78 is 38.6. The lowest BCUT2D eigenvalue weighted by Gasteiger charge is -2.17. The highest BCUT2D eigenvalue weighted by Gasteiger charge is 2.33. The molecule has 1 saturated heterocycles. The van der Waals surface area contributed by atoms with Crippen LogP contribution < -0.4 is 9.47 Å². The SMILES string of the molecule is O=S(=O)(c1ccc2ccccc2c1)N1CCC(c2ccc3c(c2)OCO3)C1. The van der Waals surface area contributed by atoms with Gasteiger partial charge in [-0.05, 0) is 52.9 Å². The van der Waals surface area contributed by atoms with Gasteiger partial charge in [0.15, 0.2) is 11.5 Å². The van der Waals surface area contributed by atoms with Crippen molar-refractivity contribution in [3.05, 3.63) is 66.2 Å². The van der Waals surface area contributed by atoms with Gasteiger partial charge in [-0.3, -0.25) is 0 Å². The van der Waals surface area contributed by atoms with Crippen molar-refractivity contribution in [3.63, 3.8) is 0 Å². The lowest BCUT2D eigenvalue weighted by atomic mass is 9.98. The van der Waals surface area contributed by atoms with Crippen molar-refractivity contribution in [2.24, 2.45) is 0 Å². The molecule has 3 aromatic carbocycles. The minimum atomic E-state index is -3.51. The lowest BCUT2D eigenvalue weighted by molar-refractivity contribution is 0.174. The molecule has 5 nitrogen and oxygen atoms in total. The topological polar surface area (TPSA) is 55.8 Å². The van der Waals surface area contributed by atoms with Crippen molar-refractivity contribution in [3.8, 4) is 11.5 Å². The monoisotopic (exact) mass is 381 g/mol. The van der Waals surface area contributed by atoms with Gasteiger partial charge in [-0.2, -0.15) is 4.31 Å². The van der Waals surface area contributed by atoms with E-state index in [0.29, 0.717) is 18.0 Å². The van der Waals surface area contributed by atoms with Gasteiger partial charge in [0.05, 0.1) is 4.90 Å². The van der Waals surface area contributed by atoms with Crippen molar-refractivity contribution in [1.82, 2.24) is 4.31 Å². The molecule has 0 bridgehead atoms. The molecule has 1 atom stereocenters. The third-order valence-electron chi connectivity index (χ3n) is 5.38. The van der Waals surface area contributed by atoms with E-state index in [-0.39, 0.29) is 12.7 Å². The number of rotatable bonds is 3. The summed E-state index contributed by atoms with van der Waals surface area (Å²) in [6.07, 6.45) is 0.798. The average molecular weight is 381 g/mol. The smallest absolute Gasteiger partial charge is 0.243 e. The Balaban J connectivity index is 1.41. The Morgan fingerprint density at radius 2 is 1.70 bits per heavy atom. The predicted molar refractivity (Wildman–Crippen MR) is 103 cm³/mol. The zero-order valence-corrected chi connectivity index (χ0v) is 15.5. The highest BCUT2D eigenvalue weighted by molar-refractivity contribution is 7.89. The van der Waals surface area contributed by atoms with Crippen LogP contribution in [0.3, 0.4) is 0 Å². The summed E-state index contributed by atoms with van der Waals surface area (Å²) in [6.45, 7) is 1.25. The van der Waals surface area contributed by atoms with Gasteiger partial charge in [-0.15, -0.1) is 0 Å². The van der Waals surface area contributed by atoms with Gasteiger partial charge in [-0.25, -0.2) is 8.42 Å². The van der Waals surface area contributed by atoms with E-state index in [1.807, 2.05) is 48.5 Å². The molecule has 0 radical (unpaired) electrons. The third-order valence-corrected chi connectivity index (χ3v) is 7.24. The number of nitrogens with zero attached hydrogens (tertiary/aromatic N) is 1. The highest BCUT2D eigenvalue weighted by atomic mass is 32.2. The first-order valence-electron chi connectivity index (χ1n) is 9.00. The Labute approximate surface area is 158 Å². The maximum Gasteiger partial charge on any atom is 0.243 e. The van der Waals surface area contributed by atoms with E-state index in [1.165, 1.54) is 0 Å². The van der Waals surface area contributed by atoms with Crippen molar-refractivity contribution in [2.75, 3.05) is 19.9 Å². The van der Waals surface area contributed by atoms with Gasteiger partial charge in [0.2, 0.25) is 16.8 Å². The average Bonchev–Trinajstić information content (AvgIpc) is 3.36. The Hall–Kier alpha value is -2.57. The van der Waals surface area contributed by atoms with Crippen molar-refractivity contribution in [1.29, 1.82) is 0 Å². The second-order valence-electron chi connectivity index (χ2n) is 6.97. The van der Waals surface area contributed by atoms with Crippen LogP contribution >= 0.6 is 0 Å². The molecule has 6 heteroatoms. The predicted octanol–water partition coefficient (Wildman–Crippen LogP) is 3.75. The Kier molecular flexibility index (Phi) is 3.84. The van der Waals surface area contributed by atoms with E-state index >= 15 is 0 Å². The first-order valence-corrected chi connectivity index (χ1v) is 10.4. The van der Waals surface area contributed by atoms with E-state index in [0.717, 1.165) is 34.3 Å². The van der Waals surface area contributed by atoms with Crippen LogP contribution in [0.2, 0.25) is 0 Å². The first kappa shape index (κ1) is 16.6. The Bertz CT molecular complexity index is 1130. The lowest BCUT2D eigenvalue weighted by Crippen LogP contribution is -2.28. The molecule has 0 spiro atoms. The molecule has 0 aromatic heterocycles. The summed E-state index contributed by atoms with van der Waals surface area (Å²) >= 11 is 0. The molecular formula is C21H19NO4S. The molecule has 138 valence electrons. The summed E-state index contributed by atoms with van der Waals surface area (Å²) in [7, 11) is -3.51. The van der Waals surface area contributed by atoms with Crippen molar-refractivity contribution < 1.29 is 17.9 Å². The van der Waals surface area contributed by atoms with Gasteiger partial charge >= 0.3 is 0 Å². The fraction of sp³-hybridized carbons (Fsp3) is 0.238. The maximum absolute atomic E-state index is 13.1. The quantitative estimate of drug-likeness (QED) is 0.693. The van der Waals surface area contributed by atoms with Gasteiger partial charge in [-0.1, -0.05) is 36.4 Å². The van der Waals surface area contributed by atoms with E-state index in [1.54, 1.807) is 16.4 Å². The molecular weight excluding hydrogens is 362 g/mol. The van der Waals surface area contributed by atoms with Crippen LogP contribution in [0.5, 0.6) is 11.5 Å². The zero-order chi connectivity index (χ0) is 18.4. The van der Waals surface area contributed by atoms with Gasteiger partial charge in [0.1, 0.15) is 0 Å². The number of benzene rings is 3. The molecule has 2 aliphatic heterocycles. The molecule has 2 heterocycles. The second kappa shape index (κ2) is 6.25. The number of fused-ring (bicyclic) bond motifs is 2. The molecule has 5 rings (SSSR count). The van der Waals surface area contributed by atoms with Crippen LogP contribution in [0.15, 0.2) is 65.6 Å². The van der Waals surface area contributed by atoms with Gasteiger partial charge in [0, 0.05) is 13.1 Å². The summed E-state index contributed by atoms with van der Waals surface area (Å²) in [5, 5.41) is 1.97. The molecule has 0 amide bonds. The fourth-order valence-electron chi connectivity index (χ4n) is 3.86. The van der Waals surface area contributed by atoms with Crippen LogP contribution in [0.1, 0.15) is 17.9 Å². The number of sulfonamides is 1. The molecule has 1 unspecified atom stereocenters. The summed E-state index contributed by atoms with van der Waals surface area (Å²) in [5.74, 6) is 1.65. The molecule has 0 aliphatic carbocycles. The van der Waals surface area contributed by atoms with Gasteiger partial charge < -0.3 is 9.47 Å². The number of hydrogen-bond donors (Lipinski definition) is 0. The van der Waals surface area contributed by atoms with E-state index in [4.69, 9.17) is 9.47 Å². The largest absolute Gasteiger partial charge is 0.454 e. The molecule has 0 N–H and O–H groups in total. The van der Waals surface area contributed by atoms with Crippen LogP contribution in [0.4, 0.5) is 0 Å². The maximum atomic E-state index is 13.1. The van der Waals surface area contributed by atoms with Crippen LogP contribution in [-0.2, 0) is 10.0 Å². The zero-order valence-electron chi connectivity index (χ0n) is 14.7. The Morgan fingerprint density at radius 3 is 2.59 bits per heavy atom. The highest BCUT2D eigenvalue weighted by Crippen LogP contribution is 2.38. The number of hydrogen-bond acceptors (Lipinski definition) is 4. The van der Waals surface area contributed by atoms with E-state index < -0.39 is 10.0 Å². The van der Waals surface area contributed by atoms with Gasteiger partial charge in [0.25, 0.3) is 0 Å². The molecule has 2 aliphatic rings. The minimum Gasteiger partial charge on any atom is -0.454 e. The first-order chi connectivity index (χ1) is 13.1. The molecule has 3 aromatic rings. The Morgan fingerprint density at radius 1 is 0.889 bits per heavy atom. The standard InChI is InChI=1S/C21H19NO4S/c23-27(24,19-7-5-15-3-1-2-4-16(15)11-19)22-10-9-18(13-22)17-6-8-20-21(12-17)26-14-25-20/h1-8,11-12,18H,9-10,13-14H2. The third kappa shape index (κ3) is 2.85. The minimum absolute atomic E-state index is 0.162. The summed E-state index contributed by atoms with van der Waals surface area (Å²) in [5.41, 5.74) is 1.09. The normalized spacial score (nSPS) is 19.6. The molecule has 27 heavy (non-hydrogen) atoms.